The molecule has 43 heavy (non-hydrogen) atoms. The fourth-order valence-electron chi connectivity index (χ4n) is 6.20. The smallest absolute Gasteiger partial charge is 0.332 e. The molecule has 0 aliphatic carbocycles. The van der Waals surface area contributed by atoms with Crippen LogP contribution in [0.25, 0.3) is 11.0 Å². The first-order valence-corrected chi connectivity index (χ1v) is 14.8. The summed E-state index contributed by atoms with van der Waals surface area (Å²) < 4.78 is 1.96. The number of hydrogen-bond donors (Lipinski definition) is 1. The highest BCUT2D eigenvalue weighted by atomic mass is 16.2. The Labute approximate surface area is 251 Å². The van der Waals surface area contributed by atoms with E-state index in [4.69, 9.17) is 0 Å². The molecule has 10 nitrogen and oxygen atoms in total. The third-order valence-electron chi connectivity index (χ3n) is 8.30. The molecule has 2 fully saturated rings. The third-order valence-corrected chi connectivity index (χ3v) is 8.30. The molecule has 2 aliphatic rings. The Bertz CT molecular complexity index is 1610. The van der Waals surface area contributed by atoms with Crippen molar-refractivity contribution in [1.82, 2.24) is 34.7 Å². The average Bonchev–Trinajstić information content (AvgIpc) is 3.57. The molecule has 0 unspecified atom stereocenters. The van der Waals surface area contributed by atoms with Gasteiger partial charge in [-0.3, -0.25) is 14.6 Å². The Balaban J connectivity index is 1.31. The summed E-state index contributed by atoms with van der Waals surface area (Å²) in [5.74, 6) is -0.249. The third kappa shape index (κ3) is 5.70. The zero-order valence-corrected chi connectivity index (χ0v) is 24.6. The maximum atomic E-state index is 14.2. The van der Waals surface area contributed by atoms with E-state index in [0.717, 1.165) is 27.7 Å². The lowest BCUT2D eigenvalue weighted by Crippen LogP contribution is -2.66. The lowest BCUT2D eigenvalue weighted by atomic mass is 10.00. The van der Waals surface area contributed by atoms with Crippen molar-refractivity contribution in [3.63, 3.8) is 0 Å². The number of urea groups is 1. The summed E-state index contributed by atoms with van der Waals surface area (Å²) in [6, 6.07) is 24.6. The minimum atomic E-state index is -0.683. The number of benzene rings is 3. The lowest BCUT2D eigenvalue weighted by molar-refractivity contribution is -0.157. The number of imidazole rings is 1. The quantitative estimate of drug-likeness (QED) is 0.328. The second kappa shape index (κ2) is 12.3. The van der Waals surface area contributed by atoms with Crippen LogP contribution in [0.3, 0.4) is 0 Å². The number of rotatable bonds is 9. The molecule has 4 amide bonds. The number of aryl methyl sites for hydroxylation is 1. The molecule has 0 radical (unpaired) electrons. The van der Waals surface area contributed by atoms with Crippen LogP contribution in [0.15, 0.2) is 85.2 Å². The van der Waals surface area contributed by atoms with Gasteiger partial charge in [0.15, 0.2) is 0 Å². The van der Waals surface area contributed by atoms with Gasteiger partial charge in [-0.15, -0.1) is 0 Å². The molecular weight excluding hydrogens is 542 g/mol. The van der Waals surface area contributed by atoms with Gasteiger partial charge >= 0.3 is 6.03 Å². The van der Waals surface area contributed by atoms with Crippen LogP contribution < -0.4 is 5.32 Å². The zero-order valence-electron chi connectivity index (χ0n) is 24.6. The van der Waals surface area contributed by atoms with Gasteiger partial charge in [0.05, 0.1) is 30.5 Å². The van der Waals surface area contributed by atoms with Gasteiger partial charge in [-0.1, -0.05) is 79.7 Å². The highest BCUT2D eigenvalue weighted by Crippen LogP contribution is 2.31. The Morgan fingerprint density at radius 3 is 2.42 bits per heavy atom. The number of hydrazine groups is 1. The van der Waals surface area contributed by atoms with Crippen LogP contribution in [-0.2, 0) is 36.1 Å². The van der Waals surface area contributed by atoms with Crippen LogP contribution in [0.1, 0.15) is 30.0 Å². The summed E-state index contributed by atoms with van der Waals surface area (Å²) >= 11 is 0. The number of aromatic nitrogens is 2. The summed E-state index contributed by atoms with van der Waals surface area (Å²) in [6.07, 6.45) is 2.41. The van der Waals surface area contributed by atoms with E-state index in [2.05, 4.69) is 10.3 Å². The highest BCUT2D eigenvalue weighted by molar-refractivity contribution is 5.92. The number of para-hydroxylation sites is 1. The summed E-state index contributed by atoms with van der Waals surface area (Å²) in [6.45, 7) is 3.51. The number of nitrogens with one attached hydrogen (secondary N) is 1. The average molecular weight is 580 g/mol. The normalized spacial score (nSPS) is 18.7. The van der Waals surface area contributed by atoms with Gasteiger partial charge in [0, 0.05) is 33.1 Å². The van der Waals surface area contributed by atoms with Crippen LogP contribution in [0, 0.1) is 0 Å². The maximum absolute atomic E-state index is 14.2. The van der Waals surface area contributed by atoms with Crippen molar-refractivity contribution < 1.29 is 14.4 Å². The zero-order chi connectivity index (χ0) is 29.9. The van der Waals surface area contributed by atoms with Gasteiger partial charge < -0.3 is 19.7 Å². The number of piperazine rings is 1. The van der Waals surface area contributed by atoms with Crippen molar-refractivity contribution in [2.24, 2.45) is 7.05 Å². The number of nitrogens with zero attached hydrogens (tertiary/aromatic N) is 6. The van der Waals surface area contributed by atoms with Crippen LogP contribution in [0.5, 0.6) is 0 Å². The second-order valence-electron chi connectivity index (χ2n) is 11.2. The molecule has 2 aliphatic heterocycles. The van der Waals surface area contributed by atoms with Crippen LogP contribution in [-0.4, -0.2) is 79.1 Å². The Morgan fingerprint density at radius 2 is 1.70 bits per heavy atom. The Kier molecular flexibility index (Phi) is 8.11. The van der Waals surface area contributed by atoms with E-state index in [9.17, 15) is 14.4 Å². The fourth-order valence-corrected chi connectivity index (χ4v) is 6.20. The summed E-state index contributed by atoms with van der Waals surface area (Å²) in [5.41, 5.74) is 4.76. The maximum Gasteiger partial charge on any atom is 0.332 e. The monoisotopic (exact) mass is 579 g/mol. The molecular formula is C33H37N7O3. The lowest BCUT2D eigenvalue weighted by Gasteiger charge is -2.46. The molecule has 3 heterocycles. The number of carbonyl (C=O) groups excluding carboxylic acids is 3. The minimum absolute atomic E-state index is 0.0334. The van der Waals surface area contributed by atoms with E-state index in [0.29, 0.717) is 32.5 Å². The van der Waals surface area contributed by atoms with Gasteiger partial charge in [0.1, 0.15) is 12.2 Å². The van der Waals surface area contributed by atoms with Crippen molar-refractivity contribution in [3.05, 3.63) is 102 Å². The molecule has 1 N–H and O–H groups in total. The van der Waals surface area contributed by atoms with Crippen molar-refractivity contribution in [1.29, 1.82) is 0 Å². The molecule has 3 aromatic carbocycles. The van der Waals surface area contributed by atoms with E-state index in [1.54, 1.807) is 16.2 Å². The molecule has 1 aromatic heterocycles. The van der Waals surface area contributed by atoms with Gasteiger partial charge in [-0.25, -0.2) is 9.78 Å². The van der Waals surface area contributed by atoms with Crippen LogP contribution in [0.2, 0.25) is 0 Å². The SMILES string of the molecule is CCCN(C(=O)NCc1ccccc1)N1CC(=O)N2[C@@H](Cc3ccccc3)C(=O)N(Cc3cccc4c3ncn4C)C[C@@H]21. The molecule has 0 spiro atoms. The van der Waals surface area contributed by atoms with Gasteiger partial charge in [0.25, 0.3) is 0 Å². The first kappa shape index (κ1) is 28.4. The van der Waals surface area contributed by atoms with Crippen molar-refractivity contribution in [2.45, 2.75) is 45.1 Å². The van der Waals surface area contributed by atoms with Crippen molar-refractivity contribution in [3.8, 4) is 0 Å². The predicted octanol–water partition coefficient (Wildman–Crippen LogP) is 3.53. The molecule has 10 heteroatoms. The van der Waals surface area contributed by atoms with Gasteiger partial charge in [-0.2, -0.15) is 5.01 Å². The molecule has 2 saturated heterocycles. The summed E-state index contributed by atoms with van der Waals surface area (Å²) in [4.78, 5) is 49.5. The van der Waals surface area contributed by atoms with Gasteiger partial charge in [0.2, 0.25) is 11.8 Å². The fraction of sp³-hybridized carbons (Fsp3) is 0.333. The predicted molar refractivity (Wildman–Crippen MR) is 163 cm³/mol. The van der Waals surface area contributed by atoms with Crippen LogP contribution >= 0.6 is 0 Å². The number of hydrogen-bond acceptors (Lipinski definition) is 5. The highest BCUT2D eigenvalue weighted by Gasteiger charge is 2.52. The molecule has 6 rings (SSSR count). The van der Waals surface area contributed by atoms with Crippen molar-refractivity contribution in [2.75, 3.05) is 19.6 Å². The first-order valence-electron chi connectivity index (χ1n) is 14.8. The van der Waals surface area contributed by atoms with E-state index in [-0.39, 0.29) is 30.9 Å². The van der Waals surface area contributed by atoms with Crippen LogP contribution in [0.4, 0.5) is 4.79 Å². The first-order chi connectivity index (χ1) is 20.9. The van der Waals surface area contributed by atoms with E-state index in [1.807, 2.05) is 107 Å². The van der Waals surface area contributed by atoms with E-state index < -0.39 is 12.2 Å². The summed E-state index contributed by atoms with van der Waals surface area (Å²) in [7, 11) is 1.95. The summed E-state index contributed by atoms with van der Waals surface area (Å²) in [5, 5.41) is 6.53. The number of amides is 4. The molecule has 2 atom stereocenters. The second-order valence-corrected chi connectivity index (χ2v) is 11.2. The van der Waals surface area contributed by atoms with Gasteiger partial charge in [-0.05, 0) is 29.2 Å². The minimum Gasteiger partial charge on any atom is -0.334 e. The molecule has 222 valence electrons. The molecule has 0 bridgehead atoms. The number of carbonyl (C=O) groups is 3. The Morgan fingerprint density at radius 1 is 0.977 bits per heavy atom. The molecule has 0 saturated carbocycles. The van der Waals surface area contributed by atoms with E-state index >= 15 is 0 Å². The molecule has 4 aromatic rings. The van der Waals surface area contributed by atoms with Crippen molar-refractivity contribution >= 4 is 28.9 Å². The topological polar surface area (TPSA) is 94.0 Å². The Hall–Kier alpha value is -4.70. The standard InChI is InChI=1S/C33H37N7O3/c1-3-17-38(33(43)34-19-25-13-8-5-9-14-25)39-22-30(41)40-28(18-24-11-6-4-7-12-24)32(42)37(21-29(39)40)20-26-15-10-16-27-31(26)35-23-36(27)2/h4-16,23,28-29H,3,17-22H2,1-2H3,(H,34,43)/t28-,29+/m0/s1. The number of fused-ring (bicyclic) bond motifs is 2. The van der Waals surface area contributed by atoms with E-state index in [1.165, 1.54) is 0 Å². The largest absolute Gasteiger partial charge is 0.334 e.